The quantitative estimate of drug-likeness (QED) is 0.892. The van der Waals surface area contributed by atoms with Gasteiger partial charge in [0.1, 0.15) is 0 Å². The zero-order chi connectivity index (χ0) is 14.0. The molecule has 2 heterocycles. The predicted molar refractivity (Wildman–Crippen MR) is 81.5 cm³/mol. The second-order valence-electron chi connectivity index (χ2n) is 6.06. The summed E-state index contributed by atoms with van der Waals surface area (Å²) in [4.78, 5) is 3.75. The molecule has 3 N–H and O–H groups in total. The van der Waals surface area contributed by atoms with E-state index in [9.17, 15) is 5.11 Å². The van der Waals surface area contributed by atoms with Crippen molar-refractivity contribution in [2.75, 3.05) is 13.1 Å². The topological polar surface area (TPSA) is 49.5 Å². The summed E-state index contributed by atoms with van der Waals surface area (Å²) in [6.07, 6.45) is 2.89. The van der Waals surface area contributed by atoms with Crippen molar-refractivity contribution < 1.29 is 5.11 Å². The van der Waals surface area contributed by atoms with Crippen molar-refractivity contribution in [3.8, 4) is 0 Å². The molecule has 0 aliphatic carbocycles. The SMILES string of the molecule is CCC(N)C(c1sccc1C)N1CCCC(C)(O)C1. The van der Waals surface area contributed by atoms with E-state index in [1.54, 1.807) is 11.3 Å². The first-order chi connectivity index (χ1) is 8.94. The number of thiophene rings is 1. The molecule has 108 valence electrons. The summed E-state index contributed by atoms with van der Waals surface area (Å²) >= 11 is 1.79. The van der Waals surface area contributed by atoms with E-state index in [4.69, 9.17) is 5.73 Å². The van der Waals surface area contributed by atoms with E-state index in [2.05, 4.69) is 30.2 Å². The zero-order valence-electron chi connectivity index (χ0n) is 12.2. The maximum Gasteiger partial charge on any atom is 0.0746 e. The fourth-order valence-electron chi connectivity index (χ4n) is 3.04. The molecule has 1 aromatic heterocycles. The van der Waals surface area contributed by atoms with E-state index in [1.165, 1.54) is 10.4 Å². The Bertz CT molecular complexity index is 416. The Morgan fingerprint density at radius 1 is 1.58 bits per heavy atom. The van der Waals surface area contributed by atoms with Crippen molar-refractivity contribution >= 4 is 11.3 Å². The van der Waals surface area contributed by atoms with Crippen molar-refractivity contribution in [3.05, 3.63) is 21.9 Å². The summed E-state index contributed by atoms with van der Waals surface area (Å²) in [6.45, 7) is 8.00. The minimum Gasteiger partial charge on any atom is -0.389 e. The van der Waals surface area contributed by atoms with Gasteiger partial charge in [-0.2, -0.15) is 0 Å². The van der Waals surface area contributed by atoms with Gasteiger partial charge in [-0.25, -0.2) is 0 Å². The van der Waals surface area contributed by atoms with Gasteiger partial charge in [0.25, 0.3) is 0 Å². The molecular weight excluding hydrogens is 256 g/mol. The average Bonchev–Trinajstić information content (AvgIpc) is 2.75. The Morgan fingerprint density at radius 3 is 2.84 bits per heavy atom. The number of β-amino-alcohol motifs (C(OH)–C–C–N with tert-alkyl or cyclic N) is 1. The van der Waals surface area contributed by atoms with Gasteiger partial charge >= 0.3 is 0 Å². The third-order valence-corrected chi connectivity index (χ3v) is 5.23. The molecule has 0 spiro atoms. The molecule has 2 rings (SSSR count). The molecular formula is C15H26N2OS. The number of aliphatic hydroxyl groups is 1. The molecule has 1 aliphatic heterocycles. The minimum absolute atomic E-state index is 0.131. The fourth-order valence-corrected chi connectivity index (χ4v) is 4.17. The summed E-state index contributed by atoms with van der Waals surface area (Å²) in [7, 11) is 0. The first-order valence-electron chi connectivity index (χ1n) is 7.20. The van der Waals surface area contributed by atoms with Crippen molar-refractivity contribution in [1.82, 2.24) is 4.90 Å². The highest BCUT2D eigenvalue weighted by atomic mass is 32.1. The van der Waals surface area contributed by atoms with Gasteiger partial charge in [0.2, 0.25) is 0 Å². The number of aryl methyl sites for hydroxylation is 1. The van der Waals surface area contributed by atoms with Crippen LogP contribution in [0.1, 0.15) is 49.6 Å². The van der Waals surface area contributed by atoms with Gasteiger partial charge in [0.05, 0.1) is 11.6 Å². The molecule has 3 atom stereocenters. The van der Waals surface area contributed by atoms with Crippen LogP contribution in [0.15, 0.2) is 11.4 Å². The van der Waals surface area contributed by atoms with Crippen molar-refractivity contribution in [2.24, 2.45) is 5.73 Å². The average molecular weight is 282 g/mol. The summed E-state index contributed by atoms with van der Waals surface area (Å²) < 4.78 is 0. The number of likely N-dealkylation sites (tertiary alicyclic amines) is 1. The molecule has 1 fully saturated rings. The van der Waals surface area contributed by atoms with Crippen LogP contribution in [0.4, 0.5) is 0 Å². The first-order valence-corrected chi connectivity index (χ1v) is 8.08. The van der Waals surface area contributed by atoms with Crippen LogP contribution in [-0.2, 0) is 0 Å². The van der Waals surface area contributed by atoms with Gasteiger partial charge in [-0.3, -0.25) is 4.90 Å². The van der Waals surface area contributed by atoms with Crippen molar-refractivity contribution in [2.45, 2.75) is 57.7 Å². The number of rotatable bonds is 4. The van der Waals surface area contributed by atoms with Gasteiger partial charge in [0.15, 0.2) is 0 Å². The lowest BCUT2D eigenvalue weighted by molar-refractivity contribution is -0.0338. The fraction of sp³-hybridized carbons (Fsp3) is 0.733. The molecule has 1 aliphatic rings. The van der Waals surface area contributed by atoms with E-state index in [0.717, 1.165) is 32.4 Å². The molecule has 1 aromatic rings. The molecule has 0 bridgehead atoms. The minimum atomic E-state index is -0.574. The Balaban J connectivity index is 2.26. The molecule has 19 heavy (non-hydrogen) atoms. The van der Waals surface area contributed by atoms with E-state index in [1.807, 2.05) is 6.92 Å². The second-order valence-corrected chi connectivity index (χ2v) is 7.00. The van der Waals surface area contributed by atoms with Crippen LogP contribution in [0.25, 0.3) is 0 Å². The zero-order valence-corrected chi connectivity index (χ0v) is 13.0. The van der Waals surface area contributed by atoms with Gasteiger partial charge < -0.3 is 10.8 Å². The van der Waals surface area contributed by atoms with E-state index in [0.29, 0.717) is 0 Å². The number of nitrogens with zero attached hydrogens (tertiary/aromatic N) is 1. The number of nitrogens with two attached hydrogens (primary N) is 1. The lowest BCUT2D eigenvalue weighted by atomic mass is 9.91. The first kappa shape index (κ1) is 15.0. The van der Waals surface area contributed by atoms with Crippen LogP contribution < -0.4 is 5.73 Å². The normalized spacial score (nSPS) is 28.3. The molecule has 1 saturated heterocycles. The van der Waals surface area contributed by atoms with Gasteiger partial charge in [-0.05, 0) is 56.7 Å². The summed E-state index contributed by atoms with van der Waals surface area (Å²) in [5, 5.41) is 12.5. The van der Waals surface area contributed by atoms with E-state index >= 15 is 0 Å². The van der Waals surface area contributed by atoms with Crippen molar-refractivity contribution in [1.29, 1.82) is 0 Å². The molecule has 0 saturated carbocycles. The summed E-state index contributed by atoms with van der Waals surface area (Å²) in [5.41, 5.74) is 7.13. The third kappa shape index (κ3) is 3.37. The van der Waals surface area contributed by atoms with Crippen LogP contribution in [0, 0.1) is 6.92 Å². The monoisotopic (exact) mass is 282 g/mol. The van der Waals surface area contributed by atoms with Gasteiger partial charge in [0, 0.05) is 17.5 Å². The third-order valence-electron chi connectivity index (χ3n) is 4.15. The smallest absolute Gasteiger partial charge is 0.0746 e. The molecule has 0 aromatic carbocycles. The second kappa shape index (κ2) is 5.92. The predicted octanol–water partition coefficient (Wildman–Crippen LogP) is 2.68. The molecule has 3 nitrogen and oxygen atoms in total. The molecule has 4 heteroatoms. The van der Waals surface area contributed by atoms with Crippen LogP contribution in [0.2, 0.25) is 0 Å². The van der Waals surface area contributed by atoms with Crippen LogP contribution in [0.5, 0.6) is 0 Å². The molecule has 3 unspecified atom stereocenters. The van der Waals surface area contributed by atoms with Crippen LogP contribution in [-0.4, -0.2) is 34.7 Å². The highest BCUT2D eigenvalue weighted by Gasteiger charge is 2.35. The Morgan fingerprint density at radius 2 is 2.32 bits per heavy atom. The lowest BCUT2D eigenvalue weighted by Gasteiger charge is -2.43. The molecule has 0 amide bonds. The van der Waals surface area contributed by atoms with E-state index in [-0.39, 0.29) is 12.1 Å². The highest BCUT2D eigenvalue weighted by molar-refractivity contribution is 7.10. The largest absolute Gasteiger partial charge is 0.389 e. The summed E-state index contributed by atoms with van der Waals surface area (Å²) in [6, 6.07) is 2.54. The molecule has 0 radical (unpaired) electrons. The van der Waals surface area contributed by atoms with E-state index < -0.39 is 5.60 Å². The number of hydrogen-bond donors (Lipinski definition) is 2. The maximum absolute atomic E-state index is 10.3. The Hall–Kier alpha value is -0.420. The Kier molecular flexibility index (Phi) is 4.66. The number of piperidine rings is 1. The Labute approximate surface area is 120 Å². The summed E-state index contributed by atoms with van der Waals surface area (Å²) in [5.74, 6) is 0. The van der Waals surface area contributed by atoms with Gasteiger partial charge in [-0.15, -0.1) is 11.3 Å². The maximum atomic E-state index is 10.3. The number of hydrogen-bond acceptors (Lipinski definition) is 4. The van der Waals surface area contributed by atoms with Crippen molar-refractivity contribution in [3.63, 3.8) is 0 Å². The van der Waals surface area contributed by atoms with Gasteiger partial charge in [-0.1, -0.05) is 6.92 Å². The van der Waals surface area contributed by atoms with Crippen LogP contribution >= 0.6 is 11.3 Å². The highest BCUT2D eigenvalue weighted by Crippen LogP contribution is 2.35. The van der Waals surface area contributed by atoms with Crippen LogP contribution in [0.3, 0.4) is 0 Å². The standard InChI is InChI=1S/C15H26N2OS/c1-4-12(16)13(14-11(2)6-9-19-14)17-8-5-7-15(3,18)10-17/h6,9,12-13,18H,4-5,7-8,10,16H2,1-3H3. The lowest BCUT2D eigenvalue weighted by Crippen LogP contribution is -2.51.